The van der Waals surface area contributed by atoms with Gasteiger partial charge in [0, 0.05) is 5.71 Å². The van der Waals surface area contributed by atoms with Crippen LogP contribution in [0, 0.1) is 11.7 Å². The smallest absolute Gasteiger partial charge is 0.238 e. The zero-order chi connectivity index (χ0) is 18.8. The van der Waals surface area contributed by atoms with Gasteiger partial charge in [0.2, 0.25) is 5.95 Å². The summed E-state index contributed by atoms with van der Waals surface area (Å²) in [5, 5.41) is 4.02. The molecule has 0 radical (unpaired) electrons. The number of aliphatic imine (C=N–C) groups is 1. The number of fused-ring (bicyclic) bond motifs is 1. The minimum absolute atomic E-state index is 0.0900. The van der Waals surface area contributed by atoms with Gasteiger partial charge in [-0.15, -0.1) is 5.10 Å². The average molecular weight is 354 g/mol. The molecule has 2 N–H and O–H groups in total. The second-order valence-electron chi connectivity index (χ2n) is 6.76. The molecule has 3 aromatic heterocycles. The largest absolute Gasteiger partial charge is 0.367 e. The van der Waals surface area contributed by atoms with Crippen LogP contribution in [0.5, 0.6) is 0 Å². The molecule has 26 heavy (non-hydrogen) atoms. The fourth-order valence-electron chi connectivity index (χ4n) is 2.76. The highest BCUT2D eigenvalue weighted by Crippen LogP contribution is 2.31. The van der Waals surface area contributed by atoms with E-state index in [0.29, 0.717) is 22.7 Å². The Balaban J connectivity index is 2.16. The third kappa shape index (κ3) is 3.56. The zero-order valence-corrected chi connectivity index (χ0v) is 15.5. The van der Waals surface area contributed by atoms with Crippen LogP contribution in [0.2, 0.25) is 0 Å². The summed E-state index contributed by atoms with van der Waals surface area (Å²) in [4.78, 5) is 13.4. The van der Waals surface area contributed by atoms with Gasteiger partial charge in [0.1, 0.15) is 0 Å². The van der Waals surface area contributed by atoms with E-state index in [4.69, 9.17) is 10.7 Å². The highest BCUT2D eigenvalue weighted by Gasteiger charge is 2.17. The minimum Gasteiger partial charge on any atom is -0.367 e. The van der Waals surface area contributed by atoms with Crippen molar-refractivity contribution in [2.75, 3.05) is 5.73 Å². The lowest BCUT2D eigenvalue weighted by molar-refractivity contribution is 0.626. The number of nitrogens with zero attached hydrogens (tertiary/aromatic N) is 5. The maximum atomic E-state index is 14.6. The molecule has 3 heterocycles. The number of pyridine rings is 1. The second-order valence-corrected chi connectivity index (χ2v) is 6.76. The Bertz CT molecular complexity index is 974. The van der Waals surface area contributed by atoms with Crippen molar-refractivity contribution in [2.45, 2.75) is 40.5 Å². The number of hydrogen-bond donors (Lipinski definition) is 1. The Morgan fingerprint density at radius 1 is 1.35 bits per heavy atom. The summed E-state index contributed by atoms with van der Waals surface area (Å²) in [6, 6.07) is 3.70. The Kier molecular flexibility index (Phi) is 4.97. The molecule has 6 nitrogen and oxygen atoms in total. The van der Waals surface area contributed by atoms with E-state index in [2.05, 4.69) is 35.8 Å². The van der Waals surface area contributed by atoms with Crippen molar-refractivity contribution in [3.63, 3.8) is 0 Å². The fraction of sp³-hybridized carbons (Fsp3) is 0.368. The molecule has 136 valence electrons. The Labute approximate surface area is 152 Å². The van der Waals surface area contributed by atoms with Gasteiger partial charge in [-0.25, -0.2) is 13.9 Å². The van der Waals surface area contributed by atoms with E-state index < -0.39 is 5.82 Å². The predicted molar refractivity (Wildman–Crippen MR) is 102 cm³/mol. The van der Waals surface area contributed by atoms with Crippen molar-refractivity contribution >= 4 is 22.9 Å². The summed E-state index contributed by atoms with van der Waals surface area (Å²) in [5.41, 5.74) is 9.77. The number of hydrogen-bond acceptors (Lipinski definition) is 5. The fourth-order valence-corrected chi connectivity index (χ4v) is 2.76. The van der Waals surface area contributed by atoms with E-state index in [1.165, 1.54) is 16.9 Å². The maximum Gasteiger partial charge on any atom is 0.238 e. The van der Waals surface area contributed by atoms with Crippen molar-refractivity contribution < 1.29 is 4.39 Å². The normalized spacial score (nSPS) is 12.3. The molecule has 0 aliphatic heterocycles. The topological polar surface area (TPSA) is 81.5 Å². The van der Waals surface area contributed by atoms with Crippen molar-refractivity contribution in [3.8, 4) is 11.3 Å². The van der Waals surface area contributed by atoms with Gasteiger partial charge in [0.15, 0.2) is 5.82 Å². The van der Waals surface area contributed by atoms with E-state index in [9.17, 15) is 4.39 Å². The van der Waals surface area contributed by atoms with Crippen molar-refractivity contribution in [3.05, 3.63) is 36.0 Å². The summed E-state index contributed by atoms with van der Waals surface area (Å²) in [6.45, 7) is 8.31. The SMILES string of the molecule is CCC(C)=Nc1ccc(-c2c(F)cn3nc(N)ncc23)nc1CC(C)C. The third-order valence-corrected chi connectivity index (χ3v) is 4.14. The first-order valence-corrected chi connectivity index (χ1v) is 8.72. The van der Waals surface area contributed by atoms with E-state index in [-0.39, 0.29) is 5.95 Å². The van der Waals surface area contributed by atoms with E-state index in [1.807, 2.05) is 13.0 Å². The molecule has 0 atom stereocenters. The Hall–Kier alpha value is -2.83. The van der Waals surface area contributed by atoms with Gasteiger partial charge < -0.3 is 5.73 Å². The number of anilines is 1. The first-order chi connectivity index (χ1) is 12.4. The quantitative estimate of drug-likeness (QED) is 0.696. The molecule has 7 heteroatoms. The number of nitrogens with two attached hydrogens (primary N) is 1. The molecule has 0 aliphatic rings. The molecule has 3 aromatic rings. The molecular formula is C19H23FN6. The van der Waals surface area contributed by atoms with Gasteiger partial charge in [0.25, 0.3) is 0 Å². The van der Waals surface area contributed by atoms with E-state index >= 15 is 0 Å². The Morgan fingerprint density at radius 2 is 2.12 bits per heavy atom. The van der Waals surface area contributed by atoms with Crippen LogP contribution < -0.4 is 5.73 Å². The van der Waals surface area contributed by atoms with Crippen LogP contribution >= 0.6 is 0 Å². The van der Waals surface area contributed by atoms with Crippen LogP contribution in [0.1, 0.15) is 39.8 Å². The molecule has 0 unspecified atom stereocenters. The van der Waals surface area contributed by atoms with Crippen LogP contribution in [0.3, 0.4) is 0 Å². The number of aromatic nitrogens is 4. The number of rotatable bonds is 5. The molecule has 0 amide bonds. The first kappa shape index (κ1) is 18.0. The van der Waals surface area contributed by atoms with E-state index in [0.717, 1.165) is 29.9 Å². The van der Waals surface area contributed by atoms with Gasteiger partial charge in [0.05, 0.1) is 40.5 Å². The monoisotopic (exact) mass is 354 g/mol. The molecule has 0 fully saturated rings. The minimum atomic E-state index is -0.408. The Morgan fingerprint density at radius 3 is 2.81 bits per heavy atom. The van der Waals surface area contributed by atoms with Crippen LogP contribution in [-0.2, 0) is 6.42 Å². The second kappa shape index (κ2) is 7.19. The van der Waals surface area contributed by atoms with Crippen molar-refractivity contribution in [2.24, 2.45) is 10.9 Å². The summed E-state index contributed by atoms with van der Waals surface area (Å²) < 4.78 is 16.0. The molecule has 0 saturated carbocycles. The van der Waals surface area contributed by atoms with Crippen LogP contribution in [0.4, 0.5) is 16.0 Å². The van der Waals surface area contributed by atoms with Crippen molar-refractivity contribution in [1.29, 1.82) is 0 Å². The summed E-state index contributed by atoms with van der Waals surface area (Å²) in [5.74, 6) is 0.0912. The third-order valence-electron chi connectivity index (χ3n) is 4.14. The van der Waals surface area contributed by atoms with Gasteiger partial charge in [-0.3, -0.25) is 9.98 Å². The lowest BCUT2D eigenvalue weighted by Crippen LogP contribution is -2.01. The van der Waals surface area contributed by atoms with E-state index in [1.54, 1.807) is 6.07 Å². The van der Waals surface area contributed by atoms with Crippen LogP contribution in [0.15, 0.2) is 29.5 Å². The highest BCUT2D eigenvalue weighted by molar-refractivity contribution is 5.85. The summed E-state index contributed by atoms with van der Waals surface area (Å²) in [7, 11) is 0. The molecule has 0 bridgehead atoms. The van der Waals surface area contributed by atoms with Gasteiger partial charge in [-0.05, 0) is 37.8 Å². The molecule has 0 saturated heterocycles. The van der Waals surface area contributed by atoms with Gasteiger partial charge in [-0.1, -0.05) is 20.8 Å². The predicted octanol–water partition coefficient (Wildman–Crippen LogP) is 4.21. The first-order valence-electron chi connectivity index (χ1n) is 8.72. The van der Waals surface area contributed by atoms with Crippen molar-refractivity contribution in [1.82, 2.24) is 19.6 Å². The van der Waals surface area contributed by atoms with Crippen LogP contribution in [0.25, 0.3) is 16.8 Å². The molecule has 0 spiro atoms. The summed E-state index contributed by atoms with van der Waals surface area (Å²) in [6.07, 6.45) is 4.44. The molecule has 0 aliphatic carbocycles. The molecular weight excluding hydrogens is 331 g/mol. The number of halogens is 1. The highest BCUT2D eigenvalue weighted by atomic mass is 19.1. The van der Waals surface area contributed by atoms with Gasteiger partial charge in [-0.2, -0.15) is 0 Å². The lowest BCUT2D eigenvalue weighted by Gasteiger charge is -2.11. The zero-order valence-electron chi connectivity index (χ0n) is 15.5. The summed E-state index contributed by atoms with van der Waals surface area (Å²) >= 11 is 0. The lowest BCUT2D eigenvalue weighted by atomic mass is 10.0. The van der Waals surface area contributed by atoms with Crippen LogP contribution in [-0.4, -0.2) is 25.3 Å². The number of nitrogen functional groups attached to an aromatic ring is 1. The standard InChI is InChI=1S/C19H23FN6/c1-5-12(4)23-14-6-7-15(24-16(14)8-11(2)3)18-13(20)10-26-17(18)9-22-19(21)25-26/h6-7,9-11H,5,8H2,1-4H3,(H2,21,25). The average Bonchev–Trinajstić information content (AvgIpc) is 2.90. The van der Waals surface area contributed by atoms with Gasteiger partial charge >= 0.3 is 0 Å². The molecule has 0 aromatic carbocycles. The maximum absolute atomic E-state index is 14.6. The molecule has 3 rings (SSSR count).